The highest BCUT2D eigenvalue weighted by Gasteiger charge is 2.28. The molecule has 0 heterocycles. The van der Waals surface area contributed by atoms with Gasteiger partial charge >= 0.3 is 0 Å². The van der Waals surface area contributed by atoms with Crippen LogP contribution in [0.25, 0.3) is 0 Å². The summed E-state index contributed by atoms with van der Waals surface area (Å²) < 4.78 is 0. The van der Waals surface area contributed by atoms with Crippen molar-refractivity contribution in [1.29, 1.82) is 0 Å². The molecule has 2 rings (SSSR count). The average molecular weight is 294 g/mol. The fraction of sp³-hybridized carbons (Fsp3) is 0.333. The van der Waals surface area contributed by atoms with Crippen molar-refractivity contribution in [1.82, 2.24) is 0 Å². The maximum absolute atomic E-state index is 10.0. The smallest absolute Gasteiger partial charge is 0.157 e. The van der Waals surface area contributed by atoms with E-state index in [0.717, 1.165) is 6.08 Å². The van der Waals surface area contributed by atoms with Gasteiger partial charge in [-0.15, -0.1) is 0 Å². The number of phenols is 2. The Morgan fingerprint density at radius 2 is 1.76 bits per heavy atom. The number of aliphatic hydroxyl groups excluding tert-OH is 4. The van der Waals surface area contributed by atoms with Gasteiger partial charge < -0.3 is 30.6 Å². The molecule has 0 aliphatic heterocycles. The molecule has 1 aromatic rings. The lowest BCUT2D eigenvalue weighted by Gasteiger charge is -2.25. The van der Waals surface area contributed by atoms with Crippen LogP contribution in [0, 0.1) is 5.92 Å². The second-order valence-electron chi connectivity index (χ2n) is 5.17. The molecule has 1 aromatic carbocycles. The van der Waals surface area contributed by atoms with Crippen molar-refractivity contribution in [2.24, 2.45) is 5.92 Å². The zero-order chi connectivity index (χ0) is 15.6. The van der Waals surface area contributed by atoms with Crippen LogP contribution in [0.2, 0.25) is 0 Å². The fourth-order valence-electron chi connectivity index (χ4n) is 2.38. The summed E-state index contributed by atoms with van der Waals surface area (Å²) in [5.74, 6) is -1.60. The zero-order valence-electron chi connectivity index (χ0n) is 11.2. The molecule has 0 spiro atoms. The molecule has 1 aliphatic rings. The molecule has 6 heteroatoms. The van der Waals surface area contributed by atoms with E-state index in [0.29, 0.717) is 5.56 Å². The Morgan fingerprint density at radius 3 is 2.38 bits per heavy atom. The largest absolute Gasteiger partial charge is 0.512 e. The van der Waals surface area contributed by atoms with Crippen molar-refractivity contribution < 1.29 is 30.6 Å². The van der Waals surface area contributed by atoms with Gasteiger partial charge in [0.2, 0.25) is 0 Å². The molecule has 0 fully saturated rings. The van der Waals surface area contributed by atoms with E-state index in [2.05, 4.69) is 0 Å². The molecule has 0 saturated carbocycles. The van der Waals surface area contributed by atoms with E-state index >= 15 is 0 Å². The van der Waals surface area contributed by atoms with Crippen LogP contribution in [-0.4, -0.2) is 42.8 Å². The highest BCUT2D eigenvalue weighted by Crippen LogP contribution is 2.29. The molecule has 0 unspecified atom stereocenters. The highest BCUT2D eigenvalue weighted by atomic mass is 16.3. The van der Waals surface area contributed by atoms with E-state index in [1.165, 1.54) is 18.2 Å². The van der Waals surface area contributed by atoms with Crippen LogP contribution in [0.1, 0.15) is 12.0 Å². The third-order valence-corrected chi connectivity index (χ3v) is 3.47. The van der Waals surface area contributed by atoms with E-state index in [4.69, 9.17) is 0 Å². The minimum absolute atomic E-state index is 0.0922. The van der Waals surface area contributed by atoms with Crippen molar-refractivity contribution in [2.45, 2.75) is 25.0 Å². The van der Waals surface area contributed by atoms with Crippen molar-refractivity contribution in [3.8, 4) is 11.5 Å². The first-order chi connectivity index (χ1) is 9.86. The highest BCUT2D eigenvalue weighted by molar-refractivity contribution is 5.40. The molecule has 0 radical (unpaired) electrons. The van der Waals surface area contributed by atoms with Crippen molar-refractivity contribution in [2.75, 3.05) is 0 Å². The number of aromatic hydroxyl groups is 2. The van der Waals surface area contributed by atoms with Crippen LogP contribution in [-0.2, 0) is 6.42 Å². The number of benzene rings is 1. The number of allylic oxidation sites excluding steroid dienone is 1. The standard InChI is InChI=1S/C15H18O6/c16-9(3-8-1-2-12(18)15(21)4-8)5-11-13(19)6-10(17)7-14(11)20/h1-2,4,6-7,9,11,13,16-21H,3,5H2/t9-,11+,13+/m0/s1. The normalized spacial score (nSPS) is 23.3. The van der Waals surface area contributed by atoms with Gasteiger partial charge in [0.05, 0.1) is 12.2 Å². The molecular formula is C15H18O6. The number of hydrogen-bond acceptors (Lipinski definition) is 6. The van der Waals surface area contributed by atoms with Crippen LogP contribution >= 0.6 is 0 Å². The van der Waals surface area contributed by atoms with Gasteiger partial charge in [-0.3, -0.25) is 0 Å². The Morgan fingerprint density at radius 1 is 1.05 bits per heavy atom. The van der Waals surface area contributed by atoms with Gasteiger partial charge in [-0.1, -0.05) is 6.07 Å². The summed E-state index contributed by atoms with van der Waals surface area (Å²) in [4.78, 5) is 0. The molecule has 0 aromatic heterocycles. The van der Waals surface area contributed by atoms with E-state index in [-0.39, 0.29) is 35.9 Å². The van der Waals surface area contributed by atoms with Crippen LogP contribution < -0.4 is 0 Å². The Labute approximate surface area is 121 Å². The number of rotatable bonds is 4. The topological polar surface area (TPSA) is 121 Å². The monoisotopic (exact) mass is 294 g/mol. The molecule has 0 bridgehead atoms. The van der Waals surface area contributed by atoms with Crippen LogP contribution in [0.5, 0.6) is 11.5 Å². The van der Waals surface area contributed by atoms with E-state index in [1.807, 2.05) is 0 Å². The summed E-state index contributed by atoms with van der Waals surface area (Å²) in [6.45, 7) is 0. The molecule has 3 atom stereocenters. The number of phenolic OH excluding ortho intramolecular Hbond substituents is 2. The number of hydrogen-bond donors (Lipinski definition) is 6. The lowest BCUT2D eigenvalue weighted by atomic mass is 9.88. The third kappa shape index (κ3) is 3.68. The molecule has 6 N–H and O–H groups in total. The molecule has 114 valence electrons. The fourth-order valence-corrected chi connectivity index (χ4v) is 2.38. The van der Waals surface area contributed by atoms with Gasteiger partial charge in [-0.2, -0.15) is 0 Å². The summed E-state index contributed by atoms with van der Waals surface area (Å²) in [5.41, 5.74) is 0.616. The molecule has 0 saturated heterocycles. The van der Waals surface area contributed by atoms with E-state index < -0.39 is 18.1 Å². The van der Waals surface area contributed by atoms with Crippen molar-refractivity contribution in [3.63, 3.8) is 0 Å². The van der Waals surface area contributed by atoms with Crippen LogP contribution in [0.4, 0.5) is 0 Å². The van der Waals surface area contributed by atoms with Gasteiger partial charge in [0.15, 0.2) is 11.5 Å². The van der Waals surface area contributed by atoms with E-state index in [1.54, 1.807) is 6.07 Å². The van der Waals surface area contributed by atoms with Gasteiger partial charge in [-0.05, 0) is 36.6 Å². The lowest BCUT2D eigenvalue weighted by Crippen LogP contribution is -2.28. The van der Waals surface area contributed by atoms with E-state index in [9.17, 15) is 30.6 Å². The summed E-state index contributed by atoms with van der Waals surface area (Å²) >= 11 is 0. The third-order valence-electron chi connectivity index (χ3n) is 3.47. The molecule has 21 heavy (non-hydrogen) atoms. The SMILES string of the molecule is OC1=C[C@@H](O)[C@@H](C[C@@H](O)Cc2ccc(O)c(O)c2)C(O)=C1. The van der Waals surface area contributed by atoms with Crippen molar-refractivity contribution in [3.05, 3.63) is 47.4 Å². The van der Waals surface area contributed by atoms with Gasteiger partial charge in [-0.25, -0.2) is 0 Å². The first-order valence-corrected chi connectivity index (χ1v) is 6.55. The predicted molar refractivity (Wildman–Crippen MR) is 75.0 cm³/mol. The molecule has 1 aliphatic carbocycles. The van der Waals surface area contributed by atoms with Gasteiger partial charge in [0.1, 0.15) is 11.5 Å². The second-order valence-corrected chi connectivity index (χ2v) is 5.17. The maximum Gasteiger partial charge on any atom is 0.157 e. The first kappa shape index (κ1) is 15.2. The molecule has 6 nitrogen and oxygen atoms in total. The molecule has 0 amide bonds. The minimum Gasteiger partial charge on any atom is -0.512 e. The predicted octanol–water partition coefficient (Wildman–Crippen LogP) is 1.27. The summed E-state index contributed by atoms with van der Waals surface area (Å²) in [6.07, 6.45) is 0.685. The lowest BCUT2D eigenvalue weighted by molar-refractivity contribution is 0.0769. The van der Waals surface area contributed by atoms with Crippen LogP contribution in [0.3, 0.4) is 0 Å². The summed E-state index contributed by atoms with van der Waals surface area (Å²) in [6, 6.07) is 4.24. The quantitative estimate of drug-likeness (QED) is 0.465. The van der Waals surface area contributed by atoms with Crippen LogP contribution in [0.15, 0.2) is 41.9 Å². The summed E-state index contributed by atoms with van der Waals surface area (Å²) in [5, 5.41) is 57.4. The first-order valence-electron chi connectivity index (χ1n) is 6.55. The minimum atomic E-state index is -1.07. The Kier molecular flexibility index (Phi) is 4.40. The van der Waals surface area contributed by atoms with Crippen molar-refractivity contribution >= 4 is 0 Å². The Hall–Kier alpha value is -2.18. The summed E-state index contributed by atoms with van der Waals surface area (Å²) in [7, 11) is 0. The second kappa shape index (κ2) is 6.07. The average Bonchev–Trinajstić information content (AvgIpc) is 2.38. The zero-order valence-corrected chi connectivity index (χ0v) is 11.2. The molecular weight excluding hydrogens is 276 g/mol. The van der Waals surface area contributed by atoms with Gasteiger partial charge in [0.25, 0.3) is 0 Å². The van der Waals surface area contributed by atoms with Gasteiger partial charge in [0, 0.05) is 12.0 Å². The Balaban J connectivity index is 2.00. The number of aliphatic hydroxyl groups is 4. The maximum atomic E-state index is 10.0. The Bertz CT molecular complexity index is 578.